The maximum atomic E-state index is 14.0. The van der Waals surface area contributed by atoms with E-state index in [0.29, 0.717) is 11.8 Å². The Bertz CT molecular complexity index is 1010. The van der Waals surface area contributed by atoms with Crippen LogP contribution in [0.3, 0.4) is 0 Å². The lowest BCUT2D eigenvalue weighted by molar-refractivity contribution is -0.196. The van der Waals surface area contributed by atoms with Gasteiger partial charge >= 0.3 is 12.5 Å². The van der Waals surface area contributed by atoms with E-state index in [4.69, 9.17) is 27.6 Å². The lowest BCUT2D eigenvalue weighted by Crippen LogP contribution is -2.49. The molecule has 0 bridgehead atoms. The Balaban J connectivity index is 1.76. The minimum absolute atomic E-state index is 0.0185. The molecule has 1 aliphatic rings. The van der Waals surface area contributed by atoms with E-state index in [1.807, 2.05) is 5.43 Å². The number of aromatic nitrogens is 2. The Labute approximate surface area is 183 Å². The smallest absolute Gasteiger partial charge is 0.410 e. The van der Waals surface area contributed by atoms with E-state index in [0.717, 1.165) is 17.4 Å². The second kappa shape index (κ2) is 8.39. The van der Waals surface area contributed by atoms with Crippen LogP contribution in [0.5, 0.6) is 0 Å². The van der Waals surface area contributed by atoms with E-state index in [2.05, 4.69) is 15.3 Å². The highest BCUT2D eigenvalue weighted by Gasteiger charge is 2.60. The molecule has 1 atom stereocenters. The van der Waals surface area contributed by atoms with Gasteiger partial charge in [-0.2, -0.15) is 31.4 Å². The second-order valence-corrected chi connectivity index (χ2v) is 7.92. The number of halogens is 8. The first-order valence-corrected chi connectivity index (χ1v) is 9.75. The minimum atomic E-state index is -4.90. The van der Waals surface area contributed by atoms with Gasteiger partial charge in [0, 0.05) is 16.5 Å². The van der Waals surface area contributed by atoms with E-state index >= 15 is 0 Å². The van der Waals surface area contributed by atoms with Crippen LogP contribution in [0.2, 0.25) is 10.0 Å². The number of nitrogens with one attached hydrogen (secondary N) is 2. The Morgan fingerprint density at radius 3 is 2.39 bits per heavy atom. The van der Waals surface area contributed by atoms with Gasteiger partial charge < -0.3 is 4.42 Å². The fourth-order valence-electron chi connectivity index (χ4n) is 2.62. The van der Waals surface area contributed by atoms with Crippen molar-refractivity contribution in [2.45, 2.75) is 29.7 Å². The van der Waals surface area contributed by atoms with Gasteiger partial charge in [-0.3, -0.25) is 15.5 Å². The predicted molar refractivity (Wildman–Crippen MR) is 97.7 cm³/mol. The van der Waals surface area contributed by atoms with Crippen molar-refractivity contribution in [1.82, 2.24) is 20.9 Å². The number of hydrogen-bond acceptors (Lipinski definition) is 7. The molecule has 0 saturated heterocycles. The molecule has 1 amide bonds. The van der Waals surface area contributed by atoms with Crippen molar-refractivity contribution >= 4 is 46.6 Å². The summed E-state index contributed by atoms with van der Waals surface area (Å²) in [5, 5.41) is 11.1. The minimum Gasteiger partial charge on any atom is -0.410 e. The van der Waals surface area contributed by atoms with E-state index in [9.17, 15) is 31.1 Å². The van der Waals surface area contributed by atoms with Crippen molar-refractivity contribution in [2.75, 3.05) is 5.75 Å². The summed E-state index contributed by atoms with van der Waals surface area (Å²) in [6, 6.07) is 3.44. The van der Waals surface area contributed by atoms with Gasteiger partial charge in [0.05, 0.1) is 5.75 Å². The van der Waals surface area contributed by atoms with E-state index in [1.165, 1.54) is 6.07 Å². The predicted octanol–water partition coefficient (Wildman–Crippen LogP) is 4.26. The molecule has 3 rings (SSSR count). The van der Waals surface area contributed by atoms with E-state index in [1.54, 1.807) is 0 Å². The molecule has 1 unspecified atom stereocenters. The standard InChI is InChI=1S/C15H9Cl2F6N5O2S/c16-7-1-6(2-8(17)3-7)13(14(18,19)20)4-9(25-28-13)11-26-27-12(30-11)31-5-10(29)24-15(21,22)23/h1-3,28H,4-5H2,(H,24,29). The van der Waals surface area contributed by atoms with Gasteiger partial charge in [-0.1, -0.05) is 35.0 Å². The summed E-state index contributed by atoms with van der Waals surface area (Å²) in [4.78, 5) is 11.2. The number of hydrogen-bond donors (Lipinski definition) is 2. The highest BCUT2D eigenvalue weighted by molar-refractivity contribution is 7.99. The van der Waals surface area contributed by atoms with Crippen molar-refractivity contribution in [1.29, 1.82) is 0 Å². The fraction of sp³-hybridized carbons (Fsp3) is 0.333. The number of rotatable bonds is 5. The van der Waals surface area contributed by atoms with E-state index in [-0.39, 0.29) is 26.5 Å². The molecule has 0 fully saturated rings. The van der Waals surface area contributed by atoms with Gasteiger partial charge in [-0.15, -0.1) is 10.2 Å². The number of amides is 1. The van der Waals surface area contributed by atoms with Crippen molar-refractivity contribution in [3.63, 3.8) is 0 Å². The topological polar surface area (TPSA) is 92.4 Å². The van der Waals surface area contributed by atoms with Gasteiger partial charge in [0.2, 0.25) is 5.91 Å². The maximum absolute atomic E-state index is 14.0. The molecule has 0 aliphatic carbocycles. The third-order valence-electron chi connectivity index (χ3n) is 3.91. The van der Waals surface area contributed by atoms with Gasteiger partial charge in [0.15, 0.2) is 5.54 Å². The van der Waals surface area contributed by atoms with Crippen LogP contribution in [0.1, 0.15) is 17.9 Å². The molecule has 2 heterocycles. The Morgan fingerprint density at radius 2 is 1.81 bits per heavy atom. The average Bonchev–Trinajstić information content (AvgIpc) is 3.25. The lowest BCUT2D eigenvalue weighted by atomic mass is 9.85. The molecule has 2 aromatic rings. The van der Waals surface area contributed by atoms with Crippen molar-refractivity contribution in [3.05, 3.63) is 39.7 Å². The summed E-state index contributed by atoms with van der Waals surface area (Å²) in [5.41, 5.74) is -1.19. The molecule has 168 valence electrons. The average molecular weight is 508 g/mol. The van der Waals surface area contributed by atoms with Crippen LogP contribution >= 0.6 is 35.0 Å². The Hall–Kier alpha value is -2.19. The van der Waals surface area contributed by atoms with Gasteiger partial charge in [-0.05, 0) is 23.8 Å². The summed E-state index contributed by atoms with van der Waals surface area (Å²) in [5.74, 6) is -2.48. The summed E-state index contributed by atoms with van der Waals surface area (Å²) < 4.78 is 83.3. The zero-order chi connectivity index (χ0) is 23.0. The van der Waals surface area contributed by atoms with Crippen LogP contribution in [0.25, 0.3) is 0 Å². The van der Waals surface area contributed by atoms with Gasteiger partial charge in [0.1, 0.15) is 5.71 Å². The molecule has 1 aromatic heterocycles. The zero-order valence-electron chi connectivity index (χ0n) is 14.7. The quantitative estimate of drug-likeness (QED) is 0.357. The number of carbonyl (C=O) groups is 1. The third kappa shape index (κ3) is 5.36. The van der Waals surface area contributed by atoms with Crippen LogP contribution in [0.15, 0.2) is 32.9 Å². The van der Waals surface area contributed by atoms with Crippen LogP contribution < -0.4 is 10.7 Å². The van der Waals surface area contributed by atoms with Gasteiger partial charge in [-0.25, -0.2) is 0 Å². The number of carbonyl (C=O) groups excluding carboxylic acids is 1. The Kier molecular flexibility index (Phi) is 6.35. The van der Waals surface area contributed by atoms with Crippen LogP contribution in [0, 0.1) is 0 Å². The summed E-state index contributed by atoms with van der Waals surface area (Å²) >= 11 is 12.1. The lowest BCUT2D eigenvalue weighted by Gasteiger charge is -2.31. The fourth-order valence-corrected chi connectivity index (χ4v) is 3.71. The van der Waals surface area contributed by atoms with Crippen molar-refractivity contribution in [2.24, 2.45) is 5.10 Å². The number of nitrogens with zero attached hydrogens (tertiary/aromatic N) is 3. The molecule has 7 nitrogen and oxygen atoms in total. The molecule has 2 N–H and O–H groups in total. The first-order valence-electron chi connectivity index (χ1n) is 8.00. The number of alkyl halides is 6. The highest BCUT2D eigenvalue weighted by Crippen LogP contribution is 2.46. The molecule has 0 radical (unpaired) electrons. The van der Waals surface area contributed by atoms with Crippen molar-refractivity contribution < 1.29 is 35.6 Å². The first kappa shape index (κ1) is 23.5. The van der Waals surface area contributed by atoms with Crippen LogP contribution in [0.4, 0.5) is 26.3 Å². The SMILES string of the molecule is O=C(CSc1nnc(C2=NNC(c3cc(Cl)cc(Cl)c3)(C(F)(F)F)C2)o1)NC(F)(F)F. The van der Waals surface area contributed by atoms with Gasteiger partial charge in [0.25, 0.3) is 11.1 Å². The zero-order valence-corrected chi connectivity index (χ0v) is 17.1. The number of hydrazone groups is 1. The normalized spacial score (nSPS) is 19.2. The monoisotopic (exact) mass is 507 g/mol. The molecule has 0 spiro atoms. The second-order valence-electron chi connectivity index (χ2n) is 6.12. The number of benzene rings is 1. The maximum Gasteiger partial charge on any atom is 0.484 e. The molecule has 0 saturated carbocycles. The third-order valence-corrected chi connectivity index (χ3v) is 5.17. The molecule has 1 aromatic carbocycles. The highest BCUT2D eigenvalue weighted by atomic mass is 35.5. The summed E-state index contributed by atoms with van der Waals surface area (Å²) in [6.07, 6.45) is -10.5. The Morgan fingerprint density at radius 1 is 1.16 bits per heavy atom. The molecular weight excluding hydrogens is 499 g/mol. The molecular formula is C15H9Cl2F6N5O2S. The van der Waals surface area contributed by atoms with Crippen molar-refractivity contribution in [3.8, 4) is 0 Å². The van der Waals surface area contributed by atoms with Crippen LogP contribution in [-0.2, 0) is 10.3 Å². The molecule has 1 aliphatic heterocycles. The largest absolute Gasteiger partial charge is 0.484 e. The molecule has 16 heteroatoms. The first-order chi connectivity index (χ1) is 14.3. The van der Waals surface area contributed by atoms with E-state index < -0.39 is 42.0 Å². The summed E-state index contributed by atoms with van der Waals surface area (Å²) in [6.45, 7) is 0. The summed E-state index contributed by atoms with van der Waals surface area (Å²) in [7, 11) is 0. The van der Waals surface area contributed by atoms with Crippen LogP contribution in [-0.4, -0.2) is 40.0 Å². The number of thioether (sulfide) groups is 1. The molecule has 31 heavy (non-hydrogen) atoms.